The van der Waals surface area contributed by atoms with Crippen LogP contribution >= 0.6 is 0 Å². The number of fused-ring (bicyclic) bond motifs is 3. The molecule has 0 spiro atoms. The summed E-state index contributed by atoms with van der Waals surface area (Å²) in [4.78, 5) is 67.2. The lowest BCUT2D eigenvalue weighted by atomic mass is 9.59. The summed E-state index contributed by atoms with van der Waals surface area (Å²) in [7, 11) is 1.50. The number of ether oxygens (including phenoxy) is 1. The van der Waals surface area contributed by atoms with E-state index in [4.69, 9.17) is 4.74 Å². The molecule has 40 heavy (non-hydrogen) atoms. The maximum Gasteiger partial charge on any atom is 0.238 e. The highest BCUT2D eigenvalue weighted by atomic mass is 16.5. The molecule has 202 valence electrons. The van der Waals surface area contributed by atoms with Gasteiger partial charge in [-0.3, -0.25) is 28.9 Å². The number of phenolic OH excluding ortho intramolecular Hbond substituents is 1. The minimum atomic E-state index is -0.767. The lowest BCUT2D eigenvalue weighted by molar-refractivity contribution is -0.123. The molecule has 0 saturated carbocycles. The Bertz CT molecular complexity index is 1620. The first-order chi connectivity index (χ1) is 19.1. The van der Waals surface area contributed by atoms with Gasteiger partial charge in [0.25, 0.3) is 0 Å². The third-order valence-electron chi connectivity index (χ3n) is 8.64. The van der Waals surface area contributed by atoms with Crippen LogP contribution in [0.4, 0.5) is 5.69 Å². The molecular weight excluding hydrogens is 510 g/mol. The molecule has 0 aromatic heterocycles. The molecule has 0 unspecified atom stereocenters. The van der Waals surface area contributed by atoms with E-state index in [2.05, 4.69) is 0 Å². The van der Waals surface area contributed by atoms with E-state index in [0.717, 1.165) is 5.57 Å². The van der Waals surface area contributed by atoms with Crippen LogP contribution in [0, 0.1) is 17.8 Å². The van der Waals surface area contributed by atoms with Gasteiger partial charge in [0, 0.05) is 33.8 Å². The summed E-state index contributed by atoms with van der Waals surface area (Å²) >= 11 is 0. The van der Waals surface area contributed by atoms with Crippen LogP contribution < -0.4 is 9.64 Å². The predicted octanol–water partition coefficient (Wildman–Crippen LogP) is 4.24. The number of aromatic hydroxyl groups is 1. The van der Waals surface area contributed by atoms with Crippen molar-refractivity contribution >= 4 is 34.9 Å². The lowest BCUT2D eigenvalue weighted by Crippen LogP contribution is -2.39. The Kier molecular flexibility index (Phi) is 5.94. The Morgan fingerprint density at radius 3 is 2.40 bits per heavy atom. The van der Waals surface area contributed by atoms with E-state index in [0.29, 0.717) is 39.3 Å². The van der Waals surface area contributed by atoms with Crippen LogP contribution in [-0.2, 0) is 19.2 Å². The number of Topliss-reactive ketones (excluding diaryl/α,β-unsaturated/α-hetero) is 2. The van der Waals surface area contributed by atoms with Gasteiger partial charge < -0.3 is 9.84 Å². The maximum absolute atomic E-state index is 14.0. The fourth-order valence-corrected chi connectivity index (χ4v) is 6.71. The van der Waals surface area contributed by atoms with E-state index in [9.17, 15) is 29.1 Å². The molecule has 4 atom stereocenters. The van der Waals surface area contributed by atoms with E-state index in [1.54, 1.807) is 43.3 Å². The molecule has 1 fully saturated rings. The first-order valence-electron chi connectivity index (χ1n) is 13.2. The summed E-state index contributed by atoms with van der Waals surface area (Å²) in [6, 6.07) is 11.1. The van der Waals surface area contributed by atoms with Crippen LogP contribution in [0.2, 0.25) is 0 Å². The molecule has 6 rings (SSSR count). The number of imide groups is 1. The normalized spacial score (nSPS) is 25.7. The number of carbonyl (C=O) groups is 5. The number of ketones is 3. The van der Waals surface area contributed by atoms with E-state index in [1.807, 2.05) is 6.08 Å². The Morgan fingerprint density at radius 2 is 1.73 bits per heavy atom. The van der Waals surface area contributed by atoms with Gasteiger partial charge in [-0.2, -0.15) is 0 Å². The molecule has 0 radical (unpaired) electrons. The Labute approximate surface area is 230 Å². The predicted molar refractivity (Wildman–Crippen MR) is 145 cm³/mol. The van der Waals surface area contributed by atoms with Crippen molar-refractivity contribution in [2.45, 2.75) is 32.6 Å². The van der Waals surface area contributed by atoms with E-state index >= 15 is 0 Å². The van der Waals surface area contributed by atoms with Crippen molar-refractivity contribution in [2.75, 3.05) is 12.0 Å². The van der Waals surface area contributed by atoms with E-state index < -0.39 is 23.7 Å². The highest BCUT2D eigenvalue weighted by molar-refractivity contribution is 6.25. The van der Waals surface area contributed by atoms with Crippen molar-refractivity contribution in [3.05, 3.63) is 88.0 Å². The van der Waals surface area contributed by atoms with Gasteiger partial charge in [0.05, 0.1) is 24.6 Å². The fourth-order valence-electron chi connectivity index (χ4n) is 6.71. The molecule has 1 N–H and O–H groups in total. The molecule has 2 aromatic rings. The van der Waals surface area contributed by atoms with Gasteiger partial charge in [0.15, 0.2) is 17.3 Å². The number of anilines is 1. The van der Waals surface area contributed by atoms with Crippen molar-refractivity contribution < 1.29 is 33.8 Å². The molecule has 8 heteroatoms. The molecule has 0 bridgehead atoms. The molecule has 1 saturated heterocycles. The number of hydrogen-bond donors (Lipinski definition) is 1. The second-order valence-corrected chi connectivity index (χ2v) is 10.8. The van der Waals surface area contributed by atoms with Gasteiger partial charge in [-0.25, -0.2) is 0 Å². The highest BCUT2D eigenvalue weighted by Gasteiger charge is 2.56. The first-order valence-corrected chi connectivity index (χ1v) is 13.2. The van der Waals surface area contributed by atoms with Crippen LogP contribution in [0.3, 0.4) is 0 Å². The minimum Gasteiger partial charge on any atom is -0.508 e. The second kappa shape index (κ2) is 9.26. The summed E-state index contributed by atoms with van der Waals surface area (Å²) in [6.07, 6.45) is 3.65. The standard InChI is InChI=1S/C32H27NO7/c1-15-12-26(36)24-14-22-20(27(29(24)30(15)37)23-13-19(40-3)8-11-25(23)35)9-10-21-28(22)32(39)33(31(21)38)18-6-4-17(5-7-18)16(2)34/h4-9,11-13,21-22,27-28,35H,10,14H2,1-3H3/t21-,22+,27+,28-/m0/s1. The summed E-state index contributed by atoms with van der Waals surface area (Å²) in [5.41, 5.74) is 2.95. The topological polar surface area (TPSA) is 118 Å². The number of nitrogens with zero attached hydrogens (tertiary/aromatic N) is 1. The van der Waals surface area contributed by atoms with Gasteiger partial charge in [0.1, 0.15) is 11.5 Å². The van der Waals surface area contributed by atoms with Crippen molar-refractivity contribution in [3.8, 4) is 11.5 Å². The van der Waals surface area contributed by atoms with Crippen LogP contribution in [0.5, 0.6) is 11.5 Å². The van der Waals surface area contributed by atoms with Crippen LogP contribution in [0.1, 0.15) is 48.5 Å². The number of allylic oxidation sites excluding steroid dienone is 6. The van der Waals surface area contributed by atoms with Gasteiger partial charge in [0.2, 0.25) is 11.8 Å². The monoisotopic (exact) mass is 537 g/mol. The number of phenols is 1. The van der Waals surface area contributed by atoms with Crippen molar-refractivity contribution in [2.24, 2.45) is 17.8 Å². The number of methoxy groups -OCH3 is 1. The molecule has 3 aliphatic carbocycles. The van der Waals surface area contributed by atoms with Crippen molar-refractivity contribution in [1.82, 2.24) is 0 Å². The van der Waals surface area contributed by atoms with Gasteiger partial charge in [-0.15, -0.1) is 0 Å². The van der Waals surface area contributed by atoms with Crippen LogP contribution in [-0.4, -0.2) is 41.4 Å². The average Bonchev–Trinajstić information content (AvgIpc) is 3.20. The molecule has 8 nitrogen and oxygen atoms in total. The quantitative estimate of drug-likeness (QED) is 0.268. The van der Waals surface area contributed by atoms with E-state index in [1.165, 1.54) is 31.1 Å². The Hall–Kier alpha value is -4.59. The maximum atomic E-state index is 14.0. The summed E-state index contributed by atoms with van der Waals surface area (Å²) in [5, 5.41) is 10.9. The number of hydrogen-bond acceptors (Lipinski definition) is 7. The largest absolute Gasteiger partial charge is 0.508 e. The van der Waals surface area contributed by atoms with Crippen molar-refractivity contribution in [3.63, 3.8) is 0 Å². The highest BCUT2D eigenvalue weighted by Crippen LogP contribution is 2.56. The molecule has 1 heterocycles. The molecular formula is C32H27NO7. The first kappa shape index (κ1) is 25.7. The Balaban J connectivity index is 1.47. The minimum absolute atomic E-state index is 0.0604. The lowest BCUT2D eigenvalue weighted by Gasteiger charge is -2.42. The van der Waals surface area contributed by atoms with Crippen LogP contribution in [0.25, 0.3) is 0 Å². The van der Waals surface area contributed by atoms with Gasteiger partial charge in [-0.1, -0.05) is 11.6 Å². The second-order valence-electron chi connectivity index (χ2n) is 10.8. The SMILES string of the molecule is COc1ccc(O)c([C@H]2C3=CC[C@@H]4C(=O)N(c5ccc(C(C)=O)cc5)C(=O)[C@@H]4[C@@H]3CC3=C2C(=O)C(C)=CC3=O)c1. The van der Waals surface area contributed by atoms with Crippen LogP contribution in [0.15, 0.2) is 76.9 Å². The number of rotatable bonds is 4. The summed E-state index contributed by atoms with van der Waals surface area (Å²) in [6.45, 7) is 3.04. The zero-order valence-corrected chi connectivity index (χ0v) is 22.3. The summed E-state index contributed by atoms with van der Waals surface area (Å²) < 4.78 is 5.39. The smallest absolute Gasteiger partial charge is 0.238 e. The molecule has 2 amide bonds. The Morgan fingerprint density at radius 1 is 1.00 bits per heavy atom. The fraction of sp³-hybridized carbons (Fsp3) is 0.281. The molecule has 2 aromatic carbocycles. The third kappa shape index (κ3) is 3.70. The van der Waals surface area contributed by atoms with Gasteiger partial charge in [-0.05, 0) is 81.1 Å². The number of amides is 2. The zero-order chi connectivity index (χ0) is 28.5. The molecule has 1 aliphatic heterocycles. The van der Waals surface area contributed by atoms with Crippen molar-refractivity contribution in [1.29, 1.82) is 0 Å². The van der Waals surface area contributed by atoms with E-state index in [-0.39, 0.29) is 47.8 Å². The zero-order valence-electron chi connectivity index (χ0n) is 22.3. The summed E-state index contributed by atoms with van der Waals surface area (Å²) in [5.74, 6) is -3.63. The number of benzene rings is 2. The molecule has 4 aliphatic rings. The number of carbonyl (C=O) groups excluding carboxylic acids is 5. The third-order valence-corrected chi connectivity index (χ3v) is 8.64. The average molecular weight is 538 g/mol. The van der Waals surface area contributed by atoms with Gasteiger partial charge >= 0.3 is 0 Å².